The van der Waals surface area contributed by atoms with Gasteiger partial charge in [0, 0.05) is 10.9 Å². The van der Waals surface area contributed by atoms with Gasteiger partial charge >= 0.3 is 0 Å². The van der Waals surface area contributed by atoms with Crippen LogP contribution in [0.25, 0.3) is 11.3 Å². The number of ether oxygens (including phenoxy) is 1. The van der Waals surface area contributed by atoms with E-state index in [1.165, 1.54) is 11.3 Å². The lowest BCUT2D eigenvalue weighted by Crippen LogP contribution is -1.99. The molecular formula is C22H19N3OS. The van der Waals surface area contributed by atoms with Crippen LogP contribution in [0.1, 0.15) is 11.1 Å². The van der Waals surface area contributed by atoms with Gasteiger partial charge in [-0.15, -0.1) is 24.3 Å². The first kappa shape index (κ1) is 18.4. The lowest BCUT2D eigenvalue weighted by Gasteiger charge is -2.09. The zero-order valence-electron chi connectivity index (χ0n) is 14.8. The number of rotatable bonds is 8. The number of terminal acetylenes is 1. The van der Waals surface area contributed by atoms with Gasteiger partial charge < -0.3 is 4.74 Å². The monoisotopic (exact) mass is 373 g/mol. The van der Waals surface area contributed by atoms with Gasteiger partial charge in [-0.05, 0) is 35.7 Å². The highest BCUT2D eigenvalue weighted by atomic mass is 32.1. The maximum atomic E-state index is 5.56. The predicted molar refractivity (Wildman–Crippen MR) is 113 cm³/mol. The maximum absolute atomic E-state index is 5.56. The third-order valence-electron chi connectivity index (χ3n) is 3.71. The first-order valence-electron chi connectivity index (χ1n) is 8.40. The Kier molecular flexibility index (Phi) is 6.40. The molecule has 0 amide bonds. The van der Waals surface area contributed by atoms with Gasteiger partial charge in [0.2, 0.25) is 5.13 Å². The van der Waals surface area contributed by atoms with E-state index in [9.17, 15) is 0 Å². The molecule has 0 unspecified atom stereocenters. The summed E-state index contributed by atoms with van der Waals surface area (Å²) >= 11 is 1.51. The zero-order chi connectivity index (χ0) is 18.9. The lowest BCUT2D eigenvalue weighted by atomic mass is 10.1. The molecule has 0 aliphatic carbocycles. The van der Waals surface area contributed by atoms with Crippen molar-refractivity contribution in [2.24, 2.45) is 5.10 Å². The summed E-state index contributed by atoms with van der Waals surface area (Å²) in [6, 6.07) is 15.9. The molecule has 1 N–H and O–H groups in total. The highest BCUT2D eigenvalue weighted by Crippen LogP contribution is 2.24. The molecule has 0 spiro atoms. The molecule has 0 saturated heterocycles. The Morgan fingerprint density at radius 2 is 2.11 bits per heavy atom. The van der Waals surface area contributed by atoms with Gasteiger partial charge in [0.05, 0.1) is 11.9 Å². The van der Waals surface area contributed by atoms with E-state index in [-0.39, 0.29) is 6.61 Å². The fourth-order valence-corrected chi connectivity index (χ4v) is 3.15. The van der Waals surface area contributed by atoms with Crippen molar-refractivity contribution in [3.05, 3.63) is 77.7 Å². The van der Waals surface area contributed by atoms with Gasteiger partial charge in [-0.2, -0.15) is 5.10 Å². The van der Waals surface area contributed by atoms with Crippen molar-refractivity contribution in [3.63, 3.8) is 0 Å². The Morgan fingerprint density at radius 1 is 1.26 bits per heavy atom. The molecule has 1 heterocycles. The lowest BCUT2D eigenvalue weighted by molar-refractivity contribution is 0.367. The number of nitrogens with one attached hydrogen (secondary N) is 1. The molecule has 0 radical (unpaired) electrons. The highest BCUT2D eigenvalue weighted by Gasteiger charge is 2.04. The second-order valence-electron chi connectivity index (χ2n) is 5.63. The molecule has 0 bridgehead atoms. The van der Waals surface area contributed by atoms with Crippen molar-refractivity contribution >= 4 is 22.7 Å². The minimum absolute atomic E-state index is 0.243. The van der Waals surface area contributed by atoms with E-state index in [0.717, 1.165) is 33.3 Å². The molecule has 0 aliphatic rings. The molecule has 5 heteroatoms. The molecule has 0 aliphatic heterocycles. The molecule has 134 valence electrons. The fourth-order valence-electron chi connectivity index (χ4n) is 2.48. The van der Waals surface area contributed by atoms with E-state index < -0.39 is 0 Å². The summed E-state index contributed by atoms with van der Waals surface area (Å²) in [5.41, 5.74) is 6.97. The summed E-state index contributed by atoms with van der Waals surface area (Å²) in [6.07, 6.45) is 9.54. The van der Waals surface area contributed by atoms with Gasteiger partial charge in [0.1, 0.15) is 12.4 Å². The topological polar surface area (TPSA) is 46.5 Å². The van der Waals surface area contributed by atoms with Crippen molar-refractivity contribution in [2.75, 3.05) is 12.0 Å². The second kappa shape index (κ2) is 9.37. The number of hydrogen-bond acceptors (Lipinski definition) is 5. The third kappa shape index (κ3) is 5.06. The van der Waals surface area contributed by atoms with Gasteiger partial charge in [0.25, 0.3) is 0 Å². The molecule has 3 rings (SSSR count). The highest BCUT2D eigenvalue weighted by molar-refractivity contribution is 7.14. The molecule has 4 nitrogen and oxygen atoms in total. The summed E-state index contributed by atoms with van der Waals surface area (Å²) in [5, 5.41) is 7.03. The van der Waals surface area contributed by atoms with Crippen LogP contribution in [0.4, 0.5) is 5.13 Å². The smallest absolute Gasteiger partial charge is 0.203 e. The average Bonchev–Trinajstić information content (AvgIpc) is 3.17. The number of hydrazone groups is 1. The molecule has 0 atom stereocenters. The van der Waals surface area contributed by atoms with Crippen molar-refractivity contribution in [1.82, 2.24) is 4.98 Å². The number of hydrogen-bond donors (Lipinski definition) is 1. The summed E-state index contributed by atoms with van der Waals surface area (Å²) < 4.78 is 5.56. The zero-order valence-corrected chi connectivity index (χ0v) is 15.6. The van der Waals surface area contributed by atoms with Crippen LogP contribution in [0.3, 0.4) is 0 Å². The molecule has 0 fully saturated rings. The van der Waals surface area contributed by atoms with E-state index >= 15 is 0 Å². The van der Waals surface area contributed by atoms with Crippen LogP contribution in [-0.2, 0) is 6.42 Å². The number of anilines is 1. The quantitative estimate of drug-likeness (QED) is 0.262. The first-order valence-corrected chi connectivity index (χ1v) is 9.28. The van der Waals surface area contributed by atoms with Crippen LogP contribution in [0.2, 0.25) is 0 Å². The number of benzene rings is 2. The predicted octanol–water partition coefficient (Wildman–Crippen LogP) is 5.00. The van der Waals surface area contributed by atoms with E-state index in [0.29, 0.717) is 6.42 Å². The molecule has 3 aromatic rings. The Bertz CT molecular complexity index is 971. The van der Waals surface area contributed by atoms with Crippen LogP contribution in [0.5, 0.6) is 5.75 Å². The van der Waals surface area contributed by atoms with Crippen LogP contribution in [0, 0.1) is 12.3 Å². The first-order chi connectivity index (χ1) is 13.3. The van der Waals surface area contributed by atoms with Gasteiger partial charge in [-0.1, -0.05) is 42.3 Å². The fraction of sp³-hybridized carbons (Fsp3) is 0.0909. The summed E-state index contributed by atoms with van der Waals surface area (Å²) in [6.45, 7) is 4.03. The minimum Gasteiger partial charge on any atom is -0.481 e. The van der Waals surface area contributed by atoms with Gasteiger partial charge in [-0.25, -0.2) is 4.98 Å². The number of allylic oxidation sites excluding steroid dienone is 1. The van der Waals surface area contributed by atoms with Crippen LogP contribution in [0.15, 0.2) is 71.7 Å². The molecule has 0 saturated carbocycles. The Morgan fingerprint density at radius 3 is 2.89 bits per heavy atom. The number of thiazole rings is 1. The van der Waals surface area contributed by atoms with Crippen LogP contribution in [-0.4, -0.2) is 17.8 Å². The van der Waals surface area contributed by atoms with Crippen LogP contribution >= 0.6 is 11.3 Å². The summed E-state index contributed by atoms with van der Waals surface area (Å²) in [5.74, 6) is 3.25. The van der Waals surface area contributed by atoms with E-state index in [1.807, 2.05) is 60.0 Å². The number of nitrogens with zero attached hydrogens (tertiary/aromatic N) is 2. The standard InChI is InChI=1S/C22H19N3OS/c1-3-8-19-14-17(11-12-21(19)26-13-4-2)15-23-25-22-24-20(16-27-22)18-9-6-5-7-10-18/h2-3,5-7,9-12,14-16H,1,8,13H2,(H,24,25). The molecule has 27 heavy (non-hydrogen) atoms. The van der Waals surface area contributed by atoms with Crippen molar-refractivity contribution < 1.29 is 4.74 Å². The normalized spacial score (nSPS) is 10.5. The molecule has 1 aromatic heterocycles. The summed E-state index contributed by atoms with van der Waals surface area (Å²) in [7, 11) is 0. The minimum atomic E-state index is 0.243. The van der Waals surface area contributed by atoms with Crippen LogP contribution < -0.4 is 10.2 Å². The van der Waals surface area contributed by atoms with E-state index in [2.05, 4.69) is 28.0 Å². The van der Waals surface area contributed by atoms with Gasteiger partial charge in [0.15, 0.2) is 0 Å². The second-order valence-corrected chi connectivity index (χ2v) is 6.48. The van der Waals surface area contributed by atoms with E-state index in [4.69, 9.17) is 11.2 Å². The Labute approximate surface area is 163 Å². The molecular weight excluding hydrogens is 354 g/mol. The average molecular weight is 373 g/mol. The molecule has 2 aromatic carbocycles. The van der Waals surface area contributed by atoms with E-state index in [1.54, 1.807) is 6.21 Å². The SMILES string of the molecule is C#CCOc1ccc(C=NNc2nc(-c3ccccc3)cs2)cc1CC=C. The summed E-state index contributed by atoms with van der Waals surface area (Å²) in [4.78, 5) is 4.55. The van der Waals surface area contributed by atoms with Gasteiger partial charge in [-0.3, -0.25) is 5.43 Å². The Balaban J connectivity index is 1.67. The number of aromatic nitrogens is 1. The van der Waals surface area contributed by atoms with Crippen molar-refractivity contribution in [3.8, 4) is 29.4 Å². The maximum Gasteiger partial charge on any atom is 0.203 e. The Hall–Kier alpha value is -3.36. The largest absolute Gasteiger partial charge is 0.481 e. The van der Waals surface area contributed by atoms with Crippen molar-refractivity contribution in [2.45, 2.75) is 6.42 Å². The van der Waals surface area contributed by atoms with Crippen molar-refractivity contribution in [1.29, 1.82) is 0 Å². The third-order valence-corrected chi connectivity index (χ3v) is 4.45.